The van der Waals surface area contributed by atoms with E-state index in [-0.39, 0.29) is 16.3 Å². The van der Waals surface area contributed by atoms with Crippen LogP contribution in [-0.4, -0.2) is 15.5 Å². The predicted molar refractivity (Wildman–Crippen MR) is 118 cm³/mol. The lowest BCUT2D eigenvalue weighted by Crippen LogP contribution is -2.13. The van der Waals surface area contributed by atoms with Crippen molar-refractivity contribution in [2.45, 2.75) is 4.90 Å². The summed E-state index contributed by atoms with van der Waals surface area (Å²) in [5.41, 5.74) is 2.12. The van der Waals surface area contributed by atoms with E-state index in [2.05, 4.69) is 10.8 Å². The number of nitrogens with zero attached hydrogens (tertiary/aromatic N) is 1. The fraction of sp³-hybridized carbons (Fsp3) is 0.0417. The van der Waals surface area contributed by atoms with E-state index in [1.54, 1.807) is 12.1 Å². The van der Waals surface area contributed by atoms with Crippen molar-refractivity contribution in [1.29, 1.82) is 5.26 Å². The molecule has 0 spiro atoms. The molecule has 6 nitrogen and oxygen atoms in total. The number of hydrogen-bond donors (Lipinski definition) is 1. The van der Waals surface area contributed by atoms with Gasteiger partial charge in [0.2, 0.25) is 5.88 Å². The van der Waals surface area contributed by atoms with Crippen LogP contribution in [0.3, 0.4) is 0 Å². The lowest BCUT2D eigenvalue weighted by atomic mass is 9.98. The van der Waals surface area contributed by atoms with Crippen LogP contribution in [0.1, 0.15) is 5.56 Å². The minimum Gasteiger partial charge on any atom is -0.497 e. The van der Waals surface area contributed by atoms with Crippen LogP contribution < -0.4 is 9.46 Å². The molecule has 0 aliphatic heterocycles. The Morgan fingerprint density at radius 2 is 1.45 bits per heavy atom. The van der Waals surface area contributed by atoms with Crippen molar-refractivity contribution in [3.63, 3.8) is 0 Å². The van der Waals surface area contributed by atoms with Gasteiger partial charge in [-0.05, 0) is 29.8 Å². The number of ether oxygens (including phenoxy) is 1. The molecular weight excluding hydrogens is 412 g/mol. The fourth-order valence-corrected chi connectivity index (χ4v) is 4.22. The standard InChI is InChI=1S/C24H18N2O4S/c1-29-19-12-14-20(15-13-19)31(27,28)26-24-21(16-25)22(17-8-4-2-5-9-17)23(30-24)18-10-6-3-7-11-18/h2-15,26H,1H3. The number of sulfonamides is 1. The average molecular weight is 430 g/mol. The second kappa shape index (κ2) is 8.38. The van der Waals surface area contributed by atoms with Gasteiger partial charge in [0.15, 0.2) is 0 Å². The number of hydrogen-bond acceptors (Lipinski definition) is 5. The summed E-state index contributed by atoms with van der Waals surface area (Å²) in [6.45, 7) is 0. The molecule has 0 bridgehead atoms. The topological polar surface area (TPSA) is 92.3 Å². The summed E-state index contributed by atoms with van der Waals surface area (Å²) in [4.78, 5) is 0.0242. The van der Waals surface area contributed by atoms with Crippen molar-refractivity contribution in [1.82, 2.24) is 0 Å². The summed E-state index contributed by atoms with van der Waals surface area (Å²) in [6.07, 6.45) is 0. The predicted octanol–water partition coefficient (Wildman–Crippen LogP) is 5.29. The van der Waals surface area contributed by atoms with Gasteiger partial charge in [-0.25, -0.2) is 13.1 Å². The van der Waals surface area contributed by atoms with Gasteiger partial charge in [0.05, 0.1) is 12.0 Å². The van der Waals surface area contributed by atoms with Crippen LogP contribution >= 0.6 is 0 Å². The number of nitrogens with one attached hydrogen (secondary N) is 1. The first-order valence-electron chi connectivity index (χ1n) is 9.38. The molecule has 0 unspecified atom stereocenters. The molecule has 7 heteroatoms. The fourth-order valence-electron chi connectivity index (χ4n) is 3.22. The van der Waals surface area contributed by atoms with Crippen LogP contribution in [0.4, 0.5) is 5.88 Å². The Morgan fingerprint density at radius 3 is 2.00 bits per heavy atom. The third-order valence-corrected chi connectivity index (χ3v) is 6.06. The van der Waals surface area contributed by atoms with Crippen molar-refractivity contribution in [3.05, 3.63) is 90.5 Å². The van der Waals surface area contributed by atoms with Gasteiger partial charge >= 0.3 is 0 Å². The van der Waals surface area contributed by atoms with Crippen molar-refractivity contribution < 1.29 is 17.6 Å². The zero-order valence-corrected chi connectivity index (χ0v) is 17.4. The molecule has 31 heavy (non-hydrogen) atoms. The van der Waals surface area contributed by atoms with Gasteiger partial charge < -0.3 is 9.15 Å². The van der Waals surface area contributed by atoms with E-state index < -0.39 is 10.0 Å². The minimum atomic E-state index is -3.99. The minimum absolute atomic E-state index is 0.0242. The molecule has 3 aromatic carbocycles. The van der Waals surface area contributed by atoms with Crippen molar-refractivity contribution >= 4 is 15.9 Å². The number of methoxy groups -OCH3 is 1. The van der Waals surface area contributed by atoms with Gasteiger partial charge in [-0.1, -0.05) is 60.7 Å². The van der Waals surface area contributed by atoms with Gasteiger partial charge in [-0.2, -0.15) is 5.26 Å². The first-order valence-corrected chi connectivity index (χ1v) is 10.9. The highest BCUT2D eigenvalue weighted by molar-refractivity contribution is 7.92. The van der Waals surface area contributed by atoms with Crippen LogP contribution in [0.2, 0.25) is 0 Å². The summed E-state index contributed by atoms with van der Waals surface area (Å²) in [6, 6.07) is 26.5. The second-order valence-electron chi connectivity index (χ2n) is 6.64. The summed E-state index contributed by atoms with van der Waals surface area (Å²) in [7, 11) is -2.49. The van der Waals surface area contributed by atoms with Crippen molar-refractivity contribution in [2.75, 3.05) is 11.8 Å². The van der Waals surface area contributed by atoms with Crippen molar-refractivity contribution in [2.24, 2.45) is 0 Å². The Bertz CT molecular complexity index is 1340. The Hall–Kier alpha value is -4.02. The zero-order valence-electron chi connectivity index (χ0n) is 16.6. The number of anilines is 1. The zero-order chi connectivity index (χ0) is 21.8. The molecular formula is C24H18N2O4S. The van der Waals surface area contributed by atoms with E-state index in [1.807, 2.05) is 60.7 Å². The Labute approximate surface area is 180 Å². The quantitative estimate of drug-likeness (QED) is 0.448. The Balaban J connectivity index is 1.85. The highest BCUT2D eigenvalue weighted by atomic mass is 32.2. The molecule has 0 amide bonds. The lowest BCUT2D eigenvalue weighted by Gasteiger charge is -2.07. The normalized spacial score (nSPS) is 11.0. The first kappa shape index (κ1) is 20.3. The Kier molecular flexibility index (Phi) is 5.48. The van der Waals surface area contributed by atoms with E-state index >= 15 is 0 Å². The molecule has 4 aromatic rings. The highest BCUT2D eigenvalue weighted by Crippen LogP contribution is 2.41. The summed E-state index contributed by atoms with van der Waals surface area (Å²) in [5.74, 6) is 0.819. The number of benzene rings is 3. The lowest BCUT2D eigenvalue weighted by molar-refractivity contribution is 0.414. The van der Waals surface area contributed by atoms with E-state index in [0.717, 1.165) is 11.1 Å². The Morgan fingerprint density at radius 1 is 0.871 bits per heavy atom. The van der Waals surface area contributed by atoms with Crippen molar-refractivity contribution in [3.8, 4) is 34.3 Å². The molecule has 0 saturated heterocycles. The second-order valence-corrected chi connectivity index (χ2v) is 8.32. The molecule has 0 radical (unpaired) electrons. The van der Waals surface area contributed by atoms with Crippen LogP contribution in [0.15, 0.2) is 94.2 Å². The van der Waals surface area contributed by atoms with Gasteiger partial charge in [0.25, 0.3) is 10.0 Å². The number of furan rings is 1. The van der Waals surface area contributed by atoms with Crippen LogP contribution in [0.5, 0.6) is 5.75 Å². The van der Waals surface area contributed by atoms with Gasteiger partial charge in [-0.15, -0.1) is 0 Å². The summed E-state index contributed by atoms with van der Waals surface area (Å²) >= 11 is 0. The van der Waals surface area contributed by atoms with E-state index in [1.165, 1.54) is 19.2 Å². The molecule has 1 N–H and O–H groups in total. The molecule has 1 aromatic heterocycles. The van der Waals surface area contributed by atoms with Crippen LogP contribution in [-0.2, 0) is 10.0 Å². The maximum atomic E-state index is 12.9. The molecule has 154 valence electrons. The van der Waals surface area contributed by atoms with Crippen LogP contribution in [0.25, 0.3) is 22.5 Å². The molecule has 0 atom stereocenters. The highest BCUT2D eigenvalue weighted by Gasteiger charge is 2.26. The van der Waals surface area contributed by atoms with Gasteiger partial charge in [0, 0.05) is 11.1 Å². The molecule has 0 fully saturated rings. The molecule has 0 saturated carbocycles. The summed E-state index contributed by atoms with van der Waals surface area (Å²) in [5, 5.41) is 9.90. The molecule has 4 rings (SSSR count). The molecule has 1 heterocycles. The molecule has 0 aliphatic rings. The van der Waals surface area contributed by atoms with E-state index in [9.17, 15) is 13.7 Å². The largest absolute Gasteiger partial charge is 0.497 e. The molecule has 0 aliphatic carbocycles. The number of rotatable bonds is 6. The van der Waals surface area contributed by atoms with Gasteiger partial charge in [-0.3, -0.25) is 0 Å². The summed E-state index contributed by atoms with van der Waals surface area (Å²) < 4.78 is 39.3. The van der Waals surface area contributed by atoms with Crippen LogP contribution in [0, 0.1) is 11.3 Å². The van der Waals surface area contributed by atoms with E-state index in [4.69, 9.17) is 9.15 Å². The maximum absolute atomic E-state index is 12.9. The van der Waals surface area contributed by atoms with E-state index in [0.29, 0.717) is 17.1 Å². The average Bonchev–Trinajstić information content (AvgIpc) is 3.17. The monoisotopic (exact) mass is 430 g/mol. The number of nitriles is 1. The first-order chi connectivity index (χ1) is 15.0. The van der Waals surface area contributed by atoms with Gasteiger partial charge in [0.1, 0.15) is 23.1 Å². The third-order valence-electron chi connectivity index (χ3n) is 4.72. The maximum Gasteiger partial charge on any atom is 0.264 e. The third kappa shape index (κ3) is 4.02. The SMILES string of the molecule is COc1ccc(S(=O)(=O)Nc2oc(-c3ccccc3)c(-c3ccccc3)c2C#N)cc1. The smallest absolute Gasteiger partial charge is 0.264 e.